The molecule has 154 valence electrons. The maximum atomic E-state index is 13.5. The highest BCUT2D eigenvalue weighted by atomic mass is 35.5. The number of hydrogen-bond donors (Lipinski definition) is 1. The van der Waals surface area contributed by atoms with Gasteiger partial charge in [0.15, 0.2) is 5.78 Å². The summed E-state index contributed by atoms with van der Waals surface area (Å²) >= 11 is 6.02. The lowest BCUT2D eigenvalue weighted by Crippen LogP contribution is -2.50. The fourth-order valence-electron chi connectivity index (χ4n) is 7.20. The quantitative estimate of drug-likeness (QED) is 0.440. The Morgan fingerprint density at radius 1 is 1.03 bits per heavy atom. The largest absolute Gasteiger partial charge is 0.393 e. The maximum absolute atomic E-state index is 13.5. The Morgan fingerprint density at radius 3 is 2.52 bits per heavy atom. The molecule has 6 atom stereocenters. The van der Waals surface area contributed by atoms with Crippen LogP contribution in [0.3, 0.4) is 0 Å². The van der Waals surface area contributed by atoms with Crippen molar-refractivity contribution in [3.8, 4) is 0 Å². The highest BCUT2D eigenvalue weighted by molar-refractivity contribution is 6.30. The molecule has 0 aliphatic heterocycles. The molecule has 29 heavy (non-hydrogen) atoms. The average molecular weight is 411 g/mol. The number of aliphatic hydroxyl groups excluding tert-OH is 1. The number of Topliss-reactive ketones (excluding diaryl/α,β-unsaturated/α-hetero) is 1. The second kappa shape index (κ2) is 6.82. The van der Waals surface area contributed by atoms with Gasteiger partial charge in [-0.2, -0.15) is 0 Å². The average Bonchev–Trinajstić information content (AvgIpc) is 2.95. The van der Waals surface area contributed by atoms with Crippen molar-refractivity contribution in [2.75, 3.05) is 0 Å². The molecule has 0 spiro atoms. The van der Waals surface area contributed by atoms with Gasteiger partial charge in [-0.3, -0.25) is 4.79 Å². The van der Waals surface area contributed by atoms with Crippen LogP contribution in [0, 0.1) is 28.6 Å². The molecule has 3 heteroatoms. The lowest BCUT2D eigenvalue weighted by molar-refractivity contribution is -0.130. The lowest BCUT2D eigenvalue weighted by atomic mass is 9.48. The minimum absolute atomic E-state index is 0.165. The molecule has 1 aromatic carbocycles. The number of benzene rings is 1. The van der Waals surface area contributed by atoms with Crippen LogP contribution in [0.25, 0.3) is 6.08 Å². The van der Waals surface area contributed by atoms with Crippen molar-refractivity contribution in [2.45, 2.75) is 64.9 Å². The molecule has 0 aromatic heterocycles. The van der Waals surface area contributed by atoms with E-state index < -0.39 is 0 Å². The topological polar surface area (TPSA) is 37.3 Å². The molecule has 0 amide bonds. The summed E-state index contributed by atoms with van der Waals surface area (Å²) in [5.41, 5.74) is 3.56. The van der Waals surface area contributed by atoms with Gasteiger partial charge in [0.1, 0.15) is 0 Å². The third-order valence-electron chi connectivity index (χ3n) is 8.93. The normalized spacial score (nSPS) is 42.8. The number of hydrogen-bond acceptors (Lipinski definition) is 2. The first kappa shape index (κ1) is 19.6. The maximum Gasteiger partial charge on any atom is 0.165 e. The van der Waals surface area contributed by atoms with E-state index in [1.165, 1.54) is 5.57 Å². The molecule has 0 bridgehead atoms. The Labute approximate surface area is 179 Å². The zero-order valence-electron chi connectivity index (χ0n) is 17.5. The number of halogens is 1. The molecule has 0 saturated heterocycles. The zero-order valence-corrected chi connectivity index (χ0v) is 18.2. The molecule has 5 rings (SSSR count). The van der Waals surface area contributed by atoms with E-state index in [0.29, 0.717) is 23.5 Å². The third kappa shape index (κ3) is 2.98. The van der Waals surface area contributed by atoms with Gasteiger partial charge in [0, 0.05) is 10.4 Å². The minimum Gasteiger partial charge on any atom is -0.393 e. The predicted molar refractivity (Wildman–Crippen MR) is 118 cm³/mol. The monoisotopic (exact) mass is 410 g/mol. The number of fused-ring (bicyclic) bond motifs is 5. The fourth-order valence-corrected chi connectivity index (χ4v) is 7.33. The van der Waals surface area contributed by atoms with Crippen LogP contribution in [0.15, 0.2) is 41.5 Å². The van der Waals surface area contributed by atoms with Gasteiger partial charge in [-0.05, 0) is 97.5 Å². The van der Waals surface area contributed by atoms with Gasteiger partial charge in [-0.25, -0.2) is 0 Å². The molecular formula is C26H31ClO2. The Hall–Kier alpha value is -1.38. The van der Waals surface area contributed by atoms with Crippen LogP contribution in [0.2, 0.25) is 5.02 Å². The Bertz CT molecular complexity index is 898. The molecule has 0 heterocycles. The van der Waals surface area contributed by atoms with Crippen LogP contribution in [-0.4, -0.2) is 17.0 Å². The first-order valence-corrected chi connectivity index (χ1v) is 11.6. The Morgan fingerprint density at radius 2 is 1.76 bits per heavy atom. The summed E-state index contributed by atoms with van der Waals surface area (Å²) in [5.74, 6) is 2.04. The van der Waals surface area contributed by atoms with Crippen LogP contribution < -0.4 is 0 Å². The summed E-state index contributed by atoms with van der Waals surface area (Å²) in [4.78, 5) is 13.5. The molecule has 3 saturated carbocycles. The molecule has 1 aromatic rings. The third-order valence-corrected chi connectivity index (χ3v) is 9.18. The first-order valence-electron chi connectivity index (χ1n) is 11.2. The zero-order chi connectivity index (χ0) is 20.4. The van der Waals surface area contributed by atoms with E-state index in [1.54, 1.807) is 0 Å². The van der Waals surface area contributed by atoms with Crippen LogP contribution in [0.5, 0.6) is 0 Å². The Kier molecular flexibility index (Phi) is 4.60. The fraction of sp³-hybridized carbons (Fsp3) is 0.577. The van der Waals surface area contributed by atoms with Crippen molar-refractivity contribution in [3.63, 3.8) is 0 Å². The number of allylic oxidation sites excluding steroid dienone is 2. The van der Waals surface area contributed by atoms with E-state index in [4.69, 9.17) is 11.6 Å². The lowest BCUT2D eigenvalue weighted by Gasteiger charge is -2.56. The van der Waals surface area contributed by atoms with Crippen molar-refractivity contribution in [2.24, 2.45) is 28.6 Å². The molecule has 3 fully saturated rings. The van der Waals surface area contributed by atoms with Gasteiger partial charge in [0.2, 0.25) is 0 Å². The van der Waals surface area contributed by atoms with Crippen molar-refractivity contribution in [1.82, 2.24) is 0 Å². The molecular weight excluding hydrogens is 380 g/mol. The van der Waals surface area contributed by atoms with Crippen molar-refractivity contribution >= 4 is 23.5 Å². The van der Waals surface area contributed by atoms with E-state index in [-0.39, 0.29) is 16.9 Å². The summed E-state index contributed by atoms with van der Waals surface area (Å²) in [7, 11) is 0. The van der Waals surface area contributed by atoms with Crippen molar-refractivity contribution in [3.05, 3.63) is 52.1 Å². The number of ketones is 1. The van der Waals surface area contributed by atoms with E-state index >= 15 is 0 Å². The summed E-state index contributed by atoms with van der Waals surface area (Å²) in [5, 5.41) is 10.9. The molecule has 1 N–H and O–H groups in total. The van der Waals surface area contributed by atoms with Gasteiger partial charge in [0.05, 0.1) is 6.10 Å². The molecule has 0 radical (unpaired) electrons. The molecule has 4 aliphatic carbocycles. The van der Waals surface area contributed by atoms with E-state index in [2.05, 4.69) is 26.0 Å². The van der Waals surface area contributed by atoms with Gasteiger partial charge in [-0.1, -0.05) is 49.2 Å². The predicted octanol–water partition coefficient (Wildman–Crippen LogP) is 6.23. The highest BCUT2D eigenvalue weighted by Gasteiger charge is 2.59. The van der Waals surface area contributed by atoms with Crippen LogP contribution >= 0.6 is 11.6 Å². The second-order valence-corrected chi connectivity index (χ2v) is 10.8. The molecule has 2 nitrogen and oxygen atoms in total. The second-order valence-electron chi connectivity index (χ2n) is 10.4. The summed E-state index contributed by atoms with van der Waals surface area (Å²) in [6.07, 6.45) is 11.3. The summed E-state index contributed by atoms with van der Waals surface area (Å²) in [6.45, 7) is 4.66. The van der Waals surface area contributed by atoms with Crippen LogP contribution in [-0.2, 0) is 4.79 Å². The van der Waals surface area contributed by atoms with Gasteiger partial charge in [0.25, 0.3) is 0 Å². The van der Waals surface area contributed by atoms with Crippen molar-refractivity contribution in [1.29, 1.82) is 0 Å². The number of carbonyl (C=O) groups is 1. The number of rotatable bonds is 1. The highest BCUT2D eigenvalue weighted by Crippen LogP contribution is 2.64. The minimum atomic E-state index is -0.213. The van der Waals surface area contributed by atoms with E-state index in [9.17, 15) is 9.90 Å². The van der Waals surface area contributed by atoms with Gasteiger partial charge < -0.3 is 5.11 Å². The van der Waals surface area contributed by atoms with Crippen LogP contribution in [0.4, 0.5) is 0 Å². The van der Waals surface area contributed by atoms with E-state index in [0.717, 1.165) is 61.1 Å². The van der Waals surface area contributed by atoms with Crippen LogP contribution in [0.1, 0.15) is 64.4 Å². The molecule has 0 unspecified atom stereocenters. The van der Waals surface area contributed by atoms with Gasteiger partial charge in [-0.15, -0.1) is 0 Å². The van der Waals surface area contributed by atoms with Crippen molar-refractivity contribution < 1.29 is 9.90 Å². The standard InChI is InChI=1S/C26H31ClO2/c1-25-11-9-20(28)15-18(25)5-8-21-22(25)10-12-26(2)23(21)14-17(24(26)29)13-16-3-6-19(27)7-4-16/h3-7,13,20-23,28H,8-12,14-15H2,1-2H3/b17-13+/t20-,21+,22-,23-,25+,26-/m1/s1. The smallest absolute Gasteiger partial charge is 0.165 e. The summed E-state index contributed by atoms with van der Waals surface area (Å²) < 4.78 is 0. The molecule has 4 aliphatic rings. The Balaban J connectivity index is 1.47. The number of carbonyl (C=O) groups excluding carboxylic acids is 1. The number of aliphatic hydroxyl groups is 1. The first-order chi connectivity index (χ1) is 13.8. The van der Waals surface area contributed by atoms with E-state index in [1.807, 2.05) is 24.3 Å². The van der Waals surface area contributed by atoms with Gasteiger partial charge >= 0.3 is 0 Å². The summed E-state index contributed by atoms with van der Waals surface area (Å²) in [6, 6.07) is 7.79. The SMILES string of the molecule is C[C@@]12CC[C@@H]3[C@H](CC=C4C[C@H](O)CC[C@@]43C)[C@H]1C/C(=C\c1ccc(Cl)cc1)C2=O.